The summed E-state index contributed by atoms with van der Waals surface area (Å²) >= 11 is 5.03. The van der Waals surface area contributed by atoms with Gasteiger partial charge in [0.15, 0.2) is 0 Å². The topological polar surface area (TPSA) is 0 Å². The molecule has 4 aromatic heterocycles. The van der Waals surface area contributed by atoms with Crippen LogP contribution >= 0.6 is 45.3 Å². The van der Waals surface area contributed by atoms with Crippen molar-refractivity contribution in [3.8, 4) is 19.5 Å². The minimum Gasteiger partial charge on any atom is -0.194 e. The number of thiophene rings is 4. The highest BCUT2D eigenvalue weighted by atomic mass is 32.1. The maximum absolute atomic E-state index is 15.9. The van der Waals surface area contributed by atoms with Gasteiger partial charge >= 0.3 is 17.8 Å². The van der Waals surface area contributed by atoms with E-state index in [2.05, 4.69) is 0 Å². The number of allylic oxidation sites excluding steroid dienone is 2. The zero-order valence-electron chi connectivity index (χ0n) is 22.6. The molecule has 0 nitrogen and oxygen atoms in total. The van der Waals surface area contributed by atoms with Crippen LogP contribution in [-0.2, 0) is 0 Å². The molecule has 0 N–H and O–H groups in total. The third-order valence-electron chi connectivity index (χ3n) is 7.72. The highest BCUT2D eigenvalue weighted by Gasteiger charge is 2.80. The highest BCUT2D eigenvalue weighted by Crippen LogP contribution is 2.68. The van der Waals surface area contributed by atoms with E-state index in [1.54, 1.807) is 39.8 Å². The van der Waals surface area contributed by atoms with Gasteiger partial charge < -0.3 is 0 Å². The van der Waals surface area contributed by atoms with Crippen molar-refractivity contribution in [1.82, 2.24) is 0 Å². The molecule has 0 unspecified atom stereocenters. The number of hydrogen-bond acceptors (Lipinski definition) is 4. The van der Waals surface area contributed by atoms with Gasteiger partial charge in [0.05, 0.1) is 9.75 Å². The second-order valence-corrected chi connectivity index (χ2v) is 15.1. The number of alkyl halides is 6. The van der Waals surface area contributed by atoms with Gasteiger partial charge in [0, 0.05) is 51.5 Å². The van der Waals surface area contributed by atoms with Crippen LogP contribution in [0.2, 0.25) is 0 Å². The molecule has 0 amide bonds. The number of aryl methyl sites for hydroxylation is 6. The van der Waals surface area contributed by atoms with Gasteiger partial charge in [-0.05, 0) is 89.8 Å². The summed E-state index contributed by atoms with van der Waals surface area (Å²) < 4.78 is 94.4. The largest absolute Gasteiger partial charge is 0.380 e. The molecule has 39 heavy (non-hydrogen) atoms. The molecule has 0 spiro atoms. The van der Waals surface area contributed by atoms with Gasteiger partial charge in [-0.3, -0.25) is 0 Å². The Morgan fingerprint density at radius 2 is 0.821 bits per heavy atom. The van der Waals surface area contributed by atoms with Crippen molar-refractivity contribution in [1.29, 1.82) is 0 Å². The van der Waals surface area contributed by atoms with Crippen molar-refractivity contribution in [2.24, 2.45) is 0 Å². The van der Waals surface area contributed by atoms with Crippen LogP contribution in [0, 0.1) is 55.4 Å². The Hall–Kier alpha value is -1.88. The number of halogens is 6. The molecule has 0 aromatic carbocycles. The van der Waals surface area contributed by atoms with E-state index in [1.165, 1.54) is 45.3 Å². The first-order valence-electron chi connectivity index (χ1n) is 12.2. The van der Waals surface area contributed by atoms with Gasteiger partial charge in [-0.25, -0.2) is 0 Å². The van der Waals surface area contributed by atoms with Crippen LogP contribution < -0.4 is 0 Å². The molecule has 1 aliphatic carbocycles. The molecule has 5 rings (SSSR count). The van der Waals surface area contributed by atoms with Gasteiger partial charge in [-0.15, -0.1) is 45.3 Å². The first-order chi connectivity index (χ1) is 17.9. The predicted molar refractivity (Wildman–Crippen MR) is 155 cm³/mol. The van der Waals surface area contributed by atoms with E-state index in [-0.39, 0.29) is 11.1 Å². The summed E-state index contributed by atoms with van der Waals surface area (Å²) in [6.07, 6.45) is 0. The van der Waals surface area contributed by atoms with Crippen molar-refractivity contribution >= 4 is 56.5 Å². The van der Waals surface area contributed by atoms with E-state index in [1.807, 2.05) is 27.7 Å². The minimum atomic E-state index is -5.60. The molecule has 0 saturated carbocycles. The van der Waals surface area contributed by atoms with Crippen LogP contribution in [-0.4, -0.2) is 17.8 Å². The maximum Gasteiger partial charge on any atom is 0.380 e. The molecule has 1 aliphatic rings. The van der Waals surface area contributed by atoms with Crippen LogP contribution in [0.5, 0.6) is 0 Å². The van der Waals surface area contributed by atoms with E-state index in [0.717, 1.165) is 20.9 Å². The standard InChI is InChI=1S/C29H26F6S4/c1-11-9-19(36-15(11)5)25-21(13(3)17(7)38-25)23-24(28(32,33)29(34,35)27(23,30)31)22-14(4)18(8)39-26(22)20-10-12(2)16(6)37-20/h9-10H,1-8H3. The average molecular weight is 617 g/mol. The Labute approximate surface area is 239 Å². The lowest BCUT2D eigenvalue weighted by Crippen LogP contribution is -2.49. The van der Waals surface area contributed by atoms with Crippen molar-refractivity contribution in [2.75, 3.05) is 0 Å². The smallest absolute Gasteiger partial charge is 0.194 e. The summed E-state index contributed by atoms with van der Waals surface area (Å²) in [5.74, 6) is -15.8. The molecule has 208 valence electrons. The average Bonchev–Trinajstić information content (AvgIpc) is 3.55. The molecular formula is C29H26F6S4. The van der Waals surface area contributed by atoms with Crippen molar-refractivity contribution < 1.29 is 26.3 Å². The van der Waals surface area contributed by atoms with Crippen molar-refractivity contribution in [2.45, 2.75) is 73.2 Å². The van der Waals surface area contributed by atoms with Crippen LogP contribution in [0.1, 0.15) is 52.9 Å². The normalized spacial score (nSPS) is 18.0. The summed E-state index contributed by atoms with van der Waals surface area (Å²) in [6.45, 7) is 14.0. The molecule has 10 heteroatoms. The second-order valence-electron chi connectivity index (χ2n) is 10.1. The third-order valence-corrected chi connectivity index (χ3v) is 12.8. The molecule has 0 fully saturated rings. The Balaban J connectivity index is 1.96. The minimum absolute atomic E-state index is 0.205. The quantitative estimate of drug-likeness (QED) is 0.200. The summed E-state index contributed by atoms with van der Waals surface area (Å²) in [5, 5.41) is 0. The van der Waals surface area contributed by atoms with E-state index in [0.29, 0.717) is 40.4 Å². The third kappa shape index (κ3) is 3.88. The fourth-order valence-corrected chi connectivity index (χ4v) is 9.58. The van der Waals surface area contributed by atoms with Crippen LogP contribution in [0.25, 0.3) is 30.7 Å². The highest BCUT2D eigenvalue weighted by molar-refractivity contribution is 7.23. The Bertz CT molecular complexity index is 1510. The van der Waals surface area contributed by atoms with Gasteiger partial charge in [0.2, 0.25) is 0 Å². The van der Waals surface area contributed by atoms with E-state index in [4.69, 9.17) is 0 Å². The second kappa shape index (κ2) is 9.06. The number of rotatable bonds is 4. The van der Waals surface area contributed by atoms with Gasteiger partial charge in [0.25, 0.3) is 0 Å². The molecule has 0 aliphatic heterocycles. The molecule has 4 aromatic rings. The zero-order valence-corrected chi connectivity index (χ0v) is 25.8. The summed E-state index contributed by atoms with van der Waals surface area (Å²) in [6, 6.07) is 3.61. The van der Waals surface area contributed by atoms with E-state index >= 15 is 26.3 Å². The lowest BCUT2D eigenvalue weighted by atomic mass is 9.90. The molecule has 0 radical (unpaired) electrons. The predicted octanol–water partition coefficient (Wildman–Crippen LogP) is 11.6. The van der Waals surface area contributed by atoms with Crippen LogP contribution in [0.15, 0.2) is 12.1 Å². The fraction of sp³-hybridized carbons (Fsp3) is 0.379. The van der Waals surface area contributed by atoms with E-state index in [9.17, 15) is 0 Å². The Morgan fingerprint density at radius 3 is 1.10 bits per heavy atom. The van der Waals surface area contributed by atoms with Crippen LogP contribution in [0.3, 0.4) is 0 Å². The van der Waals surface area contributed by atoms with Crippen LogP contribution in [0.4, 0.5) is 26.3 Å². The first kappa shape index (κ1) is 28.6. The van der Waals surface area contributed by atoms with Crippen molar-refractivity contribution in [3.05, 3.63) is 65.0 Å². The monoisotopic (exact) mass is 616 g/mol. The lowest BCUT2D eigenvalue weighted by molar-refractivity contribution is -0.254. The lowest BCUT2D eigenvalue weighted by Gasteiger charge is -2.26. The Kier molecular flexibility index (Phi) is 6.65. The zero-order chi connectivity index (χ0) is 29.0. The maximum atomic E-state index is 15.9. The first-order valence-corrected chi connectivity index (χ1v) is 15.4. The van der Waals surface area contributed by atoms with Gasteiger partial charge in [-0.2, -0.15) is 26.3 Å². The SMILES string of the molecule is Cc1cc(-c2sc(C)c(C)c2C2=C(c3c(-c4cc(C)c(C)s4)sc(C)c3C)C(F)(F)C(F)(F)C2(F)F)sc1C. The molecule has 0 atom stereocenters. The molecule has 0 bridgehead atoms. The molecular weight excluding hydrogens is 591 g/mol. The summed E-state index contributed by atoms with van der Waals surface area (Å²) in [4.78, 5) is 4.97. The molecule has 4 heterocycles. The summed E-state index contributed by atoms with van der Waals surface area (Å²) in [5.41, 5.74) is -0.464. The number of hydrogen-bond donors (Lipinski definition) is 0. The van der Waals surface area contributed by atoms with Crippen molar-refractivity contribution in [3.63, 3.8) is 0 Å². The van der Waals surface area contributed by atoms with Gasteiger partial charge in [0.1, 0.15) is 0 Å². The Morgan fingerprint density at radius 1 is 0.487 bits per heavy atom. The summed E-state index contributed by atoms with van der Waals surface area (Å²) in [7, 11) is 0. The molecule has 0 saturated heterocycles. The van der Waals surface area contributed by atoms with E-state index < -0.39 is 28.9 Å². The fourth-order valence-electron chi connectivity index (χ4n) is 4.96. The van der Waals surface area contributed by atoms with Gasteiger partial charge in [-0.1, -0.05) is 0 Å².